The summed E-state index contributed by atoms with van der Waals surface area (Å²) in [4.78, 5) is 23.0. The molecule has 5 N–H and O–H groups in total. The van der Waals surface area contributed by atoms with Crippen LogP contribution in [0.5, 0.6) is 0 Å². The number of nitrogens with two attached hydrogens (primary N) is 1. The molecule has 17 heavy (non-hydrogen) atoms. The fraction of sp³-hybridized carbons (Fsp3) is 0.250. The Balaban J connectivity index is 2.75. The number of hydrogen-bond donors (Lipinski definition) is 4. The third-order valence-corrected chi connectivity index (χ3v) is 3.30. The predicted molar refractivity (Wildman–Crippen MR) is 56.8 cm³/mol. The molecular weight excluding hydrogens is 250 g/mol. The average Bonchev–Trinajstić information content (AvgIpc) is 2.65. The van der Waals surface area contributed by atoms with E-state index in [2.05, 4.69) is 9.71 Å². The lowest BCUT2D eigenvalue weighted by Gasteiger charge is -2.02. The van der Waals surface area contributed by atoms with Crippen LogP contribution < -0.4 is 10.5 Å². The fourth-order valence-electron chi connectivity index (χ4n) is 1.05. The number of rotatable bonds is 6. The topological polar surface area (TPSA) is 142 Å². The summed E-state index contributed by atoms with van der Waals surface area (Å²) in [6.07, 6.45) is 0.922. The molecule has 1 amide bonds. The van der Waals surface area contributed by atoms with Gasteiger partial charge in [0.05, 0.1) is 0 Å². The van der Waals surface area contributed by atoms with E-state index in [0.717, 1.165) is 12.3 Å². The summed E-state index contributed by atoms with van der Waals surface area (Å²) in [7, 11) is -3.82. The van der Waals surface area contributed by atoms with Gasteiger partial charge in [-0.1, -0.05) is 0 Å². The molecule has 0 atom stereocenters. The van der Waals surface area contributed by atoms with Gasteiger partial charge in [-0.2, -0.15) is 0 Å². The molecule has 1 aromatic heterocycles. The Morgan fingerprint density at radius 1 is 1.47 bits per heavy atom. The quantitative estimate of drug-likeness (QED) is 0.512. The Kier molecular flexibility index (Phi) is 3.86. The number of carbonyl (C=O) groups is 2. The molecular formula is C8H11N3O5S. The van der Waals surface area contributed by atoms with Gasteiger partial charge in [0.1, 0.15) is 10.6 Å². The zero-order chi connectivity index (χ0) is 13.1. The molecule has 0 bridgehead atoms. The molecule has 1 aromatic rings. The molecule has 94 valence electrons. The highest BCUT2D eigenvalue weighted by Gasteiger charge is 2.17. The minimum absolute atomic E-state index is 0.130. The van der Waals surface area contributed by atoms with Crippen LogP contribution in [0.3, 0.4) is 0 Å². The Morgan fingerprint density at radius 2 is 2.12 bits per heavy atom. The van der Waals surface area contributed by atoms with Crippen molar-refractivity contribution in [2.75, 3.05) is 6.54 Å². The normalized spacial score (nSPS) is 11.3. The van der Waals surface area contributed by atoms with Crippen LogP contribution in [0.15, 0.2) is 17.2 Å². The first-order valence-corrected chi connectivity index (χ1v) is 6.01. The minimum atomic E-state index is -3.82. The molecule has 8 nitrogen and oxygen atoms in total. The van der Waals surface area contributed by atoms with Gasteiger partial charge in [0.25, 0.3) is 0 Å². The smallest absolute Gasteiger partial charge is 0.352 e. The van der Waals surface area contributed by atoms with Gasteiger partial charge in [-0.3, -0.25) is 4.79 Å². The maximum atomic E-state index is 11.6. The molecule has 0 fully saturated rings. The van der Waals surface area contributed by atoms with Gasteiger partial charge in [0.2, 0.25) is 15.9 Å². The number of amides is 1. The van der Waals surface area contributed by atoms with Crippen molar-refractivity contribution >= 4 is 21.9 Å². The molecule has 0 unspecified atom stereocenters. The number of carboxylic acid groups (broad SMARTS) is 1. The molecule has 0 saturated carbocycles. The van der Waals surface area contributed by atoms with E-state index < -0.39 is 21.9 Å². The summed E-state index contributed by atoms with van der Waals surface area (Å²) in [5, 5.41) is 8.61. The monoisotopic (exact) mass is 261 g/mol. The van der Waals surface area contributed by atoms with Gasteiger partial charge < -0.3 is 15.8 Å². The number of primary amides is 1. The number of nitrogens with one attached hydrogen (secondary N) is 2. The minimum Gasteiger partial charge on any atom is -0.477 e. The Bertz CT molecular complexity index is 533. The van der Waals surface area contributed by atoms with E-state index >= 15 is 0 Å². The first-order valence-electron chi connectivity index (χ1n) is 4.52. The van der Waals surface area contributed by atoms with E-state index in [-0.39, 0.29) is 23.6 Å². The van der Waals surface area contributed by atoms with Crippen molar-refractivity contribution in [3.8, 4) is 0 Å². The summed E-state index contributed by atoms with van der Waals surface area (Å²) < 4.78 is 25.3. The molecule has 0 aromatic carbocycles. The van der Waals surface area contributed by atoms with Crippen LogP contribution in [0.1, 0.15) is 16.9 Å². The molecule has 0 aliphatic carbocycles. The highest BCUT2D eigenvalue weighted by molar-refractivity contribution is 7.89. The molecule has 0 aliphatic heterocycles. The van der Waals surface area contributed by atoms with E-state index in [1.54, 1.807) is 0 Å². The van der Waals surface area contributed by atoms with Crippen molar-refractivity contribution in [2.45, 2.75) is 11.3 Å². The van der Waals surface area contributed by atoms with Crippen molar-refractivity contribution in [1.29, 1.82) is 0 Å². The van der Waals surface area contributed by atoms with Gasteiger partial charge in [-0.25, -0.2) is 17.9 Å². The van der Waals surface area contributed by atoms with Crippen molar-refractivity contribution in [1.82, 2.24) is 9.71 Å². The van der Waals surface area contributed by atoms with Gasteiger partial charge in [0.15, 0.2) is 0 Å². The van der Waals surface area contributed by atoms with Crippen LogP contribution in [-0.4, -0.2) is 36.9 Å². The second-order valence-corrected chi connectivity index (χ2v) is 4.94. The third kappa shape index (κ3) is 3.57. The molecule has 0 spiro atoms. The van der Waals surface area contributed by atoms with Gasteiger partial charge in [-0.15, -0.1) is 0 Å². The molecule has 0 radical (unpaired) electrons. The number of H-pyrrole nitrogens is 1. The summed E-state index contributed by atoms with van der Waals surface area (Å²) in [6.45, 7) is -0.134. The van der Waals surface area contributed by atoms with Crippen LogP contribution in [0.4, 0.5) is 0 Å². The Labute approximate surface area is 96.9 Å². The number of aromatic carboxylic acids is 1. The lowest BCUT2D eigenvalue weighted by molar-refractivity contribution is -0.117. The van der Waals surface area contributed by atoms with Crippen LogP contribution in [-0.2, 0) is 14.8 Å². The van der Waals surface area contributed by atoms with Gasteiger partial charge in [-0.05, 0) is 6.07 Å². The highest BCUT2D eigenvalue weighted by atomic mass is 32.2. The van der Waals surface area contributed by atoms with E-state index in [1.807, 2.05) is 0 Å². The lowest BCUT2D eigenvalue weighted by atomic mass is 10.4. The van der Waals surface area contributed by atoms with E-state index in [9.17, 15) is 18.0 Å². The third-order valence-electron chi connectivity index (χ3n) is 1.86. The SMILES string of the molecule is NC(=O)CCNS(=O)(=O)c1c[nH]c(C(=O)O)c1. The summed E-state index contributed by atoms with van der Waals surface area (Å²) in [5.74, 6) is -1.89. The van der Waals surface area contributed by atoms with E-state index in [4.69, 9.17) is 10.8 Å². The Hall–Kier alpha value is -1.87. The predicted octanol–water partition coefficient (Wildman–Crippen LogP) is -1.13. The van der Waals surface area contributed by atoms with Crippen molar-refractivity contribution in [2.24, 2.45) is 5.73 Å². The molecule has 0 saturated heterocycles. The van der Waals surface area contributed by atoms with Crippen LogP contribution in [0.25, 0.3) is 0 Å². The molecule has 9 heteroatoms. The number of sulfonamides is 1. The number of carbonyl (C=O) groups excluding carboxylic acids is 1. The average molecular weight is 261 g/mol. The number of carboxylic acids is 1. The lowest BCUT2D eigenvalue weighted by Crippen LogP contribution is -2.27. The van der Waals surface area contributed by atoms with Crippen LogP contribution in [0, 0.1) is 0 Å². The van der Waals surface area contributed by atoms with Crippen molar-refractivity contribution < 1.29 is 23.1 Å². The molecule has 1 rings (SSSR count). The van der Waals surface area contributed by atoms with Crippen molar-refractivity contribution in [3.05, 3.63) is 18.0 Å². The van der Waals surface area contributed by atoms with E-state index in [0.29, 0.717) is 0 Å². The summed E-state index contributed by atoms with van der Waals surface area (Å²) in [6, 6.07) is 0.981. The zero-order valence-corrected chi connectivity index (χ0v) is 9.45. The summed E-state index contributed by atoms with van der Waals surface area (Å²) in [5.41, 5.74) is 4.61. The number of hydrogen-bond acceptors (Lipinski definition) is 4. The number of aromatic amines is 1. The highest BCUT2D eigenvalue weighted by Crippen LogP contribution is 2.10. The second-order valence-electron chi connectivity index (χ2n) is 3.17. The largest absolute Gasteiger partial charge is 0.477 e. The fourth-order valence-corrected chi connectivity index (χ4v) is 2.07. The van der Waals surface area contributed by atoms with Gasteiger partial charge >= 0.3 is 5.97 Å². The first kappa shape index (κ1) is 13.2. The van der Waals surface area contributed by atoms with Crippen LogP contribution >= 0.6 is 0 Å². The molecule has 0 aliphatic rings. The molecule has 1 heterocycles. The van der Waals surface area contributed by atoms with Crippen molar-refractivity contribution in [3.63, 3.8) is 0 Å². The first-order chi connectivity index (χ1) is 7.83. The maximum Gasteiger partial charge on any atom is 0.352 e. The van der Waals surface area contributed by atoms with Gasteiger partial charge in [0, 0.05) is 19.2 Å². The standard InChI is InChI=1S/C8H11N3O5S/c9-7(12)1-2-11-17(15,16)5-3-6(8(13)14)10-4-5/h3-4,10-11H,1-2H2,(H2,9,12)(H,13,14). The maximum absolute atomic E-state index is 11.6. The van der Waals surface area contributed by atoms with Crippen LogP contribution in [0.2, 0.25) is 0 Å². The second kappa shape index (κ2) is 4.97. The van der Waals surface area contributed by atoms with E-state index in [1.165, 1.54) is 0 Å². The summed E-state index contributed by atoms with van der Waals surface area (Å²) >= 11 is 0. The number of aromatic nitrogens is 1. The Morgan fingerprint density at radius 3 is 2.59 bits per heavy atom. The zero-order valence-electron chi connectivity index (χ0n) is 8.63.